The molecule has 0 aliphatic carbocycles. The normalized spacial score (nSPS) is 26.7. The molecular formula is C16H32N2. The summed E-state index contributed by atoms with van der Waals surface area (Å²) in [5, 5.41) is 3.51. The van der Waals surface area contributed by atoms with Crippen LogP contribution < -0.4 is 5.32 Å². The Balaban J connectivity index is 1.82. The molecule has 2 rings (SSSR count). The molecule has 0 aromatic carbocycles. The molecule has 106 valence electrons. The molecule has 2 aliphatic rings. The molecule has 2 nitrogen and oxygen atoms in total. The fourth-order valence-corrected chi connectivity index (χ4v) is 3.83. The van der Waals surface area contributed by atoms with E-state index in [1.165, 1.54) is 64.8 Å². The van der Waals surface area contributed by atoms with E-state index in [0.717, 1.165) is 11.8 Å². The molecule has 2 saturated heterocycles. The minimum absolute atomic E-state index is 0.621. The number of nitrogens with one attached hydrogen (secondary N) is 1. The van der Waals surface area contributed by atoms with Crippen LogP contribution in [-0.4, -0.2) is 37.6 Å². The SMILES string of the molecule is CCC1(CN2CCC(C(C)C)CC2)CCNCC1. The first kappa shape index (κ1) is 14.3. The van der Waals surface area contributed by atoms with Gasteiger partial charge in [-0.05, 0) is 75.5 Å². The molecule has 18 heavy (non-hydrogen) atoms. The van der Waals surface area contributed by atoms with Gasteiger partial charge in [-0.15, -0.1) is 0 Å². The molecule has 1 N–H and O–H groups in total. The Kier molecular flexibility index (Phi) is 5.08. The van der Waals surface area contributed by atoms with E-state index >= 15 is 0 Å². The van der Waals surface area contributed by atoms with Gasteiger partial charge in [0.15, 0.2) is 0 Å². The summed E-state index contributed by atoms with van der Waals surface area (Å²) >= 11 is 0. The van der Waals surface area contributed by atoms with E-state index in [0.29, 0.717) is 5.41 Å². The maximum absolute atomic E-state index is 3.51. The van der Waals surface area contributed by atoms with Crippen LogP contribution in [-0.2, 0) is 0 Å². The smallest absolute Gasteiger partial charge is 0.00388 e. The Morgan fingerprint density at radius 3 is 2.28 bits per heavy atom. The molecule has 2 heteroatoms. The lowest BCUT2D eigenvalue weighted by atomic mass is 9.75. The first-order chi connectivity index (χ1) is 8.65. The minimum Gasteiger partial charge on any atom is -0.317 e. The fourth-order valence-electron chi connectivity index (χ4n) is 3.83. The topological polar surface area (TPSA) is 15.3 Å². The first-order valence-electron chi connectivity index (χ1n) is 8.08. The van der Waals surface area contributed by atoms with E-state index in [4.69, 9.17) is 0 Å². The summed E-state index contributed by atoms with van der Waals surface area (Å²) in [6, 6.07) is 0. The zero-order chi connectivity index (χ0) is 13.0. The number of rotatable bonds is 4. The van der Waals surface area contributed by atoms with Crippen molar-refractivity contribution in [2.75, 3.05) is 32.7 Å². The maximum Gasteiger partial charge on any atom is 0.00388 e. The van der Waals surface area contributed by atoms with Crippen LogP contribution in [0.1, 0.15) is 52.9 Å². The molecule has 0 spiro atoms. The molecule has 0 saturated carbocycles. The molecule has 0 atom stereocenters. The number of likely N-dealkylation sites (tertiary alicyclic amines) is 1. The van der Waals surface area contributed by atoms with Crippen molar-refractivity contribution in [3.63, 3.8) is 0 Å². The van der Waals surface area contributed by atoms with Crippen LogP contribution in [0.5, 0.6) is 0 Å². The average Bonchev–Trinajstić information content (AvgIpc) is 2.40. The number of nitrogens with zero attached hydrogens (tertiary/aromatic N) is 1. The summed E-state index contributed by atoms with van der Waals surface area (Å²) in [5.41, 5.74) is 0.621. The predicted molar refractivity (Wildman–Crippen MR) is 78.8 cm³/mol. The van der Waals surface area contributed by atoms with Crippen molar-refractivity contribution in [1.82, 2.24) is 10.2 Å². The van der Waals surface area contributed by atoms with Gasteiger partial charge in [-0.2, -0.15) is 0 Å². The summed E-state index contributed by atoms with van der Waals surface area (Å²) in [6.07, 6.45) is 6.98. The average molecular weight is 252 g/mol. The third-order valence-corrected chi connectivity index (χ3v) is 5.55. The van der Waals surface area contributed by atoms with Crippen molar-refractivity contribution in [3.05, 3.63) is 0 Å². The summed E-state index contributed by atoms with van der Waals surface area (Å²) < 4.78 is 0. The van der Waals surface area contributed by atoms with Gasteiger partial charge in [0, 0.05) is 6.54 Å². The molecule has 2 aliphatic heterocycles. The Morgan fingerprint density at radius 2 is 1.78 bits per heavy atom. The Bertz CT molecular complexity index is 235. The summed E-state index contributed by atoms with van der Waals surface area (Å²) in [7, 11) is 0. The van der Waals surface area contributed by atoms with Crippen LogP contribution in [0.3, 0.4) is 0 Å². The van der Waals surface area contributed by atoms with Crippen LogP contribution in [0.25, 0.3) is 0 Å². The maximum atomic E-state index is 3.51. The van der Waals surface area contributed by atoms with Crippen LogP contribution in [0.15, 0.2) is 0 Å². The van der Waals surface area contributed by atoms with Crippen LogP contribution in [0.4, 0.5) is 0 Å². The van der Waals surface area contributed by atoms with Gasteiger partial charge in [-0.3, -0.25) is 0 Å². The van der Waals surface area contributed by atoms with E-state index in [9.17, 15) is 0 Å². The fraction of sp³-hybridized carbons (Fsp3) is 1.00. The lowest BCUT2D eigenvalue weighted by Gasteiger charge is -2.43. The molecule has 2 fully saturated rings. The highest BCUT2D eigenvalue weighted by molar-refractivity contribution is 4.88. The van der Waals surface area contributed by atoms with Crippen LogP contribution in [0, 0.1) is 17.3 Å². The predicted octanol–water partition coefficient (Wildman–Crippen LogP) is 3.13. The van der Waals surface area contributed by atoms with Gasteiger partial charge < -0.3 is 10.2 Å². The van der Waals surface area contributed by atoms with Crippen LogP contribution in [0.2, 0.25) is 0 Å². The van der Waals surface area contributed by atoms with Gasteiger partial charge >= 0.3 is 0 Å². The second-order valence-electron chi connectivity index (χ2n) is 6.96. The Morgan fingerprint density at radius 1 is 1.17 bits per heavy atom. The van der Waals surface area contributed by atoms with Crippen molar-refractivity contribution in [1.29, 1.82) is 0 Å². The molecule has 0 aromatic rings. The van der Waals surface area contributed by atoms with Gasteiger partial charge in [0.05, 0.1) is 0 Å². The Hall–Kier alpha value is -0.0800. The van der Waals surface area contributed by atoms with Gasteiger partial charge in [-0.25, -0.2) is 0 Å². The lowest BCUT2D eigenvalue weighted by molar-refractivity contribution is 0.0730. The third-order valence-electron chi connectivity index (χ3n) is 5.55. The highest BCUT2D eigenvalue weighted by Gasteiger charge is 2.33. The van der Waals surface area contributed by atoms with Gasteiger partial charge in [-0.1, -0.05) is 20.8 Å². The first-order valence-corrected chi connectivity index (χ1v) is 8.08. The summed E-state index contributed by atoms with van der Waals surface area (Å²) in [5.74, 6) is 1.86. The van der Waals surface area contributed by atoms with E-state index in [1.807, 2.05) is 0 Å². The number of hydrogen-bond donors (Lipinski definition) is 1. The van der Waals surface area contributed by atoms with Gasteiger partial charge in [0.1, 0.15) is 0 Å². The largest absolute Gasteiger partial charge is 0.317 e. The molecule has 0 radical (unpaired) electrons. The molecule has 0 amide bonds. The van der Waals surface area contributed by atoms with E-state index in [2.05, 4.69) is 31.0 Å². The highest BCUT2D eigenvalue weighted by Crippen LogP contribution is 2.35. The van der Waals surface area contributed by atoms with Gasteiger partial charge in [0.2, 0.25) is 0 Å². The van der Waals surface area contributed by atoms with E-state index < -0.39 is 0 Å². The minimum atomic E-state index is 0.621. The highest BCUT2D eigenvalue weighted by atomic mass is 15.1. The second-order valence-corrected chi connectivity index (χ2v) is 6.96. The van der Waals surface area contributed by atoms with Crippen molar-refractivity contribution in [2.45, 2.75) is 52.9 Å². The molecule has 2 heterocycles. The van der Waals surface area contributed by atoms with Crippen molar-refractivity contribution < 1.29 is 0 Å². The van der Waals surface area contributed by atoms with Crippen molar-refractivity contribution in [2.24, 2.45) is 17.3 Å². The molecule has 0 aromatic heterocycles. The molecular weight excluding hydrogens is 220 g/mol. The van der Waals surface area contributed by atoms with Crippen molar-refractivity contribution >= 4 is 0 Å². The molecule has 0 bridgehead atoms. The Labute approximate surface area is 114 Å². The van der Waals surface area contributed by atoms with Gasteiger partial charge in [0.25, 0.3) is 0 Å². The zero-order valence-corrected chi connectivity index (χ0v) is 12.7. The third kappa shape index (κ3) is 3.48. The standard InChI is InChI=1S/C16H32N2/c1-4-16(7-9-17-10-8-16)13-18-11-5-15(6-12-18)14(2)3/h14-15,17H,4-13H2,1-3H3. The molecule has 0 unspecified atom stereocenters. The second kappa shape index (κ2) is 6.38. The summed E-state index contributed by atoms with van der Waals surface area (Å²) in [4.78, 5) is 2.76. The summed E-state index contributed by atoms with van der Waals surface area (Å²) in [6.45, 7) is 13.7. The monoisotopic (exact) mass is 252 g/mol. The van der Waals surface area contributed by atoms with E-state index in [1.54, 1.807) is 0 Å². The lowest BCUT2D eigenvalue weighted by Crippen LogP contribution is -2.47. The van der Waals surface area contributed by atoms with Crippen molar-refractivity contribution in [3.8, 4) is 0 Å². The number of hydrogen-bond acceptors (Lipinski definition) is 2. The van der Waals surface area contributed by atoms with E-state index in [-0.39, 0.29) is 0 Å². The number of piperidine rings is 2. The zero-order valence-electron chi connectivity index (χ0n) is 12.7. The van der Waals surface area contributed by atoms with Crippen LogP contribution >= 0.6 is 0 Å². The quantitative estimate of drug-likeness (QED) is 0.827.